The van der Waals surface area contributed by atoms with Gasteiger partial charge in [-0.3, -0.25) is 9.80 Å². The van der Waals surface area contributed by atoms with Crippen LogP contribution in [0.5, 0.6) is 0 Å². The molecule has 0 unspecified atom stereocenters. The molecule has 1 amide bonds. The van der Waals surface area contributed by atoms with Gasteiger partial charge in [-0.25, -0.2) is 0 Å². The van der Waals surface area contributed by atoms with Crippen LogP contribution in [0.4, 0.5) is 5.69 Å². The summed E-state index contributed by atoms with van der Waals surface area (Å²) >= 11 is 0. The van der Waals surface area contributed by atoms with Crippen LogP contribution in [-0.4, -0.2) is 36.4 Å². The maximum Gasteiger partial charge on any atom is 0.251 e. The van der Waals surface area contributed by atoms with E-state index >= 15 is 0 Å². The molecule has 0 saturated carbocycles. The lowest BCUT2D eigenvalue weighted by atomic mass is 10.2. The van der Waals surface area contributed by atoms with Crippen LogP contribution in [0.3, 0.4) is 0 Å². The van der Waals surface area contributed by atoms with Gasteiger partial charge in [0.25, 0.3) is 5.91 Å². The molecule has 1 heterocycles. The van der Waals surface area contributed by atoms with Gasteiger partial charge in [0, 0.05) is 30.8 Å². The predicted octanol–water partition coefficient (Wildman–Crippen LogP) is 0.995. The Kier molecular flexibility index (Phi) is 3.94. The quantitative estimate of drug-likeness (QED) is 0.834. The van der Waals surface area contributed by atoms with Gasteiger partial charge in [0.2, 0.25) is 0 Å². The van der Waals surface area contributed by atoms with Crippen molar-refractivity contribution in [1.82, 2.24) is 5.32 Å². The lowest BCUT2D eigenvalue weighted by molar-refractivity contribution is 0.0945. The van der Waals surface area contributed by atoms with E-state index in [1.807, 2.05) is 24.1 Å². The van der Waals surface area contributed by atoms with E-state index in [1.54, 1.807) is 12.1 Å². The van der Waals surface area contributed by atoms with Crippen molar-refractivity contribution in [2.75, 3.05) is 24.7 Å². The van der Waals surface area contributed by atoms with Crippen molar-refractivity contribution in [2.24, 2.45) is 5.10 Å². The van der Waals surface area contributed by atoms with Gasteiger partial charge in [-0.05, 0) is 31.2 Å². The number of carbonyl (C=O) groups is 1. The summed E-state index contributed by atoms with van der Waals surface area (Å²) in [6, 6.07) is 7.31. The van der Waals surface area contributed by atoms with Crippen molar-refractivity contribution >= 4 is 17.3 Å². The third-order valence-electron chi connectivity index (χ3n) is 2.80. The van der Waals surface area contributed by atoms with Gasteiger partial charge < -0.3 is 10.4 Å². The molecule has 5 heteroatoms. The minimum Gasteiger partial charge on any atom is -0.395 e. The van der Waals surface area contributed by atoms with Crippen LogP contribution in [-0.2, 0) is 0 Å². The summed E-state index contributed by atoms with van der Waals surface area (Å²) in [5.41, 5.74) is 2.71. The van der Waals surface area contributed by atoms with E-state index in [1.165, 1.54) is 0 Å². The molecule has 0 spiro atoms. The van der Waals surface area contributed by atoms with Gasteiger partial charge in [-0.15, -0.1) is 0 Å². The molecular formula is C13H17N3O2. The smallest absolute Gasteiger partial charge is 0.251 e. The highest BCUT2D eigenvalue weighted by atomic mass is 16.3. The van der Waals surface area contributed by atoms with E-state index in [-0.39, 0.29) is 19.1 Å². The zero-order valence-electron chi connectivity index (χ0n) is 10.4. The molecule has 0 radical (unpaired) electrons. The minimum atomic E-state index is -0.170. The third-order valence-corrected chi connectivity index (χ3v) is 2.80. The van der Waals surface area contributed by atoms with E-state index in [2.05, 4.69) is 10.4 Å². The second-order valence-electron chi connectivity index (χ2n) is 4.23. The van der Waals surface area contributed by atoms with Crippen LogP contribution < -0.4 is 10.3 Å². The minimum absolute atomic E-state index is 0.0500. The fourth-order valence-electron chi connectivity index (χ4n) is 1.82. The molecular weight excluding hydrogens is 230 g/mol. The van der Waals surface area contributed by atoms with Crippen molar-refractivity contribution in [2.45, 2.75) is 13.3 Å². The lowest BCUT2D eigenvalue weighted by Gasteiger charge is -2.13. The third kappa shape index (κ3) is 2.87. The van der Waals surface area contributed by atoms with E-state index in [9.17, 15) is 4.79 Å². The molecule has 0 aliphatic carbocycles. The number of anilines is 1. The average molecular weight is 247 g/mol. The Hall–Kier alpha value is -1.88. The zero-order valence-corrected chi connectivity index (χ0v) is 10.4. The van der Waals surface area contributed by atoms with Crippen molar-refractivity contribution in [3.63, 3.8) is 0 Å². The molecule has 0 aromatic heterocycles. The SMILES string of the molecule is CC1=NN(c2ccc(C(=O)NCCO)cc2)CC1. The Morgan fingerprint density at radius 3 is 2.72 bits per heavy atom. The molecule has 1 aromatic carbocycles. The Morgan fingerprint density at radius 2 is 2.17 bits per heavy atom. The number of rotatable bonds is 4. The molecule has 1 aliphatic rings. The second kappa shape index (κ2) is 5.64. The summed E-state index contributed by atoms with van der Waals surface area (Å²) in [7, 11) is 0. The highest BCUT2D eigenvalue weighted by molar-refractivity contribution is 5.94. The lowest BCUT2D eigenvalue weighted by Crippen LogP contribution is -2.26. The number of nitrogens with zero attached hydrogens (tertiary/aromatic N) is 2. The van der Waals surface area contributed by atoms with Gasteiger partial charge >= 0.3 is 0 Å². The number of aliphatic hydroxyl groups excluding tert-OH is 1. The molecule has 2 rings (SSSR count). The topological polar surface area (TPSA) is 64.9 Å². The summed E-state index contributed by atoms with van der Waals surface area (Å²) in [5, 5.41) is 17.6. The van der Waals surface area contributed by atoms with Crippen LogP contribution in [0.15, 0.2) is 29.4 Å². The first-order valence-corrected chi connectivity index (χ1v) is 6.01. The normalized spacial score (nSPS) is 14.6. The van der Waals surface area contributed by atoms with Crippen molar-refractivity contribution < 1.29 is 9.90 Å². The number of hydrogen-bond acceptors (Lipinski definition) is 4. The highest BCUT2D eigenvalue weighted by Gasteiger charge is 2.13. The number of hydrogen-bond donors (Lipinski definition) is 2. The first kappa shape index (κ1) is 12.6. The van der Waals surface area contributed by atoms with Gasteiger partial charge in [-0.2, -0.15) is 5.10 Å². The van der Waals surface area contributed by atoms with Crippen molar-refractivity contribution in [1.29, 1.82) is 0 Å². The van der Waals surface area contributed by atoms with Crippen LogP contribution in [0.1, 0.15) is 23.7 Å². The number of aliphatic hydroxyl groups is 1. The largest absolute Gasteiger partial charge is 0.395 e. The second-order valence-corrected chi connectivity index (χ2v) is 4.23. The highest BCUT2D eigenvalue weighted by Crippen LogP contribution is 2.19. The molecule has 96 valence electrons. The molecule has 5 nitrogen and oxygen atoms in total. The van der Waals surface area contributed by atoms with Gasteiger partial charge in [0.1, 0.15) is 0 Å². The number of hydrazone groups is 1. The molecule has 0 atom stereocenters. The van der Waals surface area contributed by atoms with Gasteiger partial charge in [0.05, 0.1) is 12.3 Å². The van der Waals surface area contributed by atoms with Gasteiger partial charge in [0.15, 0.2) is 0 Å². The maximum absolute atomic E-state index is 11.6. The number of carbonyl (C=O) groups excluding carboxylic acids is 1. The Morgan fingerprint density at radius 1 is 1.44 bits per heavy atom. The van der Waals surface area contributed by atoms with Crippen LogP contribution in [0, 0.1) is 0 Å². The fraction of sp³-hybridized carbons (Fsp3) is 0.385. The first-order valence-electron chi connectivity index (χ1n) is 6.01. The Bertz CT molecular complexity index is 454. The van der Waals surface area contributed by atoms with Crippen LogP contribution >= 0.6 is 0 Å². The summed E-state index contributed by atoms with van der Waals surface area (Å²) in [5.74, 6) is -0.170. The fourth-order valence-corrected chi connectivity index (χ4v) is 1.82. The molecule has 0 bridgehead atoms. The monoisotopic (exact) mass is 247 g/mol. The Balaban J connectivity index is 2.03. The van der Waals surface area contributed by atoms with Crippen LogP contribution in [0.2, 0.25) is 0 Å². The summed E-state index contributed by atoms with van der Waals surface area (Å²) in [6.07, 6.45) is 0.985. The van der Waals surface area contributed by atoms with Crippen molar-refractivity contribution in [3.8, 4) is 0 Å². The van der Waals surface area contributed by atoms with E-state index in [4.69, 9.17) is 5.11 Å². The predicted molar refractivity (Wildman–Crippen MR) is 70.9 cm³/mol. The number of nitrogens with one attached hydrogen (secondary N) is 1. The van der Waals surface area contributed by atoms with Crippen molar-refractivity contribution in [3.05, 3.63) is 29.8 Å². The molecule has 1 aromatic rings. The van der Waals surface area contributed by atoms with Crippen LogP contribution in [0.25, 0.3) is 0 Å². The summed E-state index contributed by atoms with van der Waals surface area (Å²) in [4.78, 5) is 11.6. The molecule has 0 saturated heterocycles. The zero-order chi connectivity index (χ0) is 13.0. The maximum atomic E-state index is 11.6. The summed E-state index contributed by atoms with van der Waals surface area (Å²) in [6.45, 7) is 3.13. The standard InChI is InChI=1S/C13H17N3O2/c1-10-6-8-16(15-10)12-4-2-11(3-5-12)13(18)14-7-9-17/h2-5,17H,6-9H2,1H3,(H,14,18). The molecule has 1 aliphatic heterocycles. The summed E-state index contributed by atoms with van der Waals surface area (Å²) < 4.78 is 0. The molecule has 0 fully saturated rings. The number of benzene rings is 1. The van der Waals surface area contributed by atoms with E-state index in [0.717, 1.165) is 24.4 Å². The van der Waals surface area contributed by atoms with E-state index in [0.29, 0.717) is 5.56 Å². The molecule has 18 heavy (non-hydrogen) atoms. The first-order chi connectivity index (χ1) is 8.70. The molecule has 2 N–H and O–H groups in total. The Labute approximate surface area is 106 Å². The average Bonchev–Trinajstić information content (AvgIpc) is 2.83. The number of amides is 1. The van der Waals surface area contributed by atoms with E-state index < -0.39 is 0 Å². The van der Waals surface area contributed by atoms with Gasteiger partial charge in [-0.1, -0.05) is 0 Å².